The summed E-state index contributed by atoms with van der Waals surface area (Å²) in [6.07, 6.45) is 7.28. The number of rotatable bonds is 15. The lowest BCUT2D eigenvalue weighted by atomic mass is 9.89. The maximum absolute atomic E-state index is 11.7. The number of carbonyl (C=O) groups excluding carboxylic acids is 1. The van der Waals surface area contributed by atoms with Gasteiger partial charge in [-0.3, -0.25) is 4.79 Å². The molecule has 35 heavy (non-hydrogen) atoms. The van der Waals surface area contributed by atoms with Gasteiger partial charge in [-0.1, -0.05) is 42.0 Å². The molecule has 1 amide bonds. The highest BCUT2D eigenvalue weighted by atomic mass is 35.5. The van der Waals surface area contributed by atoms with Crippen molar-refractivity contribution in [2.75, 3.05) is 19.8 Å². The lowest BCUT2D eigenvalue weighted by molar-refractivity contribution is -0.757. The highest BCUT2D eigenvalue weighted by Crippen LogP contribution is 2.36. The summed E-state index contributed by atoms with van der Waals surface area (Å²) < 4.78 is 5.52. The van der Waals surface area contributed by atoms with Crippen LogP contribution in [0.5, 0.6) is 5.75 Å². The van der Waals surface area contributed by atoms with Crippen LogP contribution >= 0.6 is 11.6 Å². The summed E-state index contributed by atoms with van der Waals surface area (Å²) in [7, 11) is 0. The molecule has 0 radical (unpaired) electrons. The Bertz CT molecular complexity index is 866. The molecule has 0 spiro atoms. The quantitative estimate of drug-likeness (QED) is 0.121. The Morgan fingerprint density at radius 3 is 2.86 bits per heavy atom. The number of amides is 1. The number of ether oxygens (including phenoxy) is 1. The van der Waals surface area contributed by atoms with Gasteiger partial charge in [-0.2, -0.15) is 0 Å². The monoisotopic (exact) mass is 512 g/mol. The molecule has 11 heteroatoms. The molecule has 5 atom stereocenters. The van der Waals surface area contributed by atoms with Crippen molar-refractivity contribution in [2.45, 2.75) is 50.4 Å². The smallest absolute Gasteiger partial charge is 0.294 e. The topological polar surface area (TPSA) is 151 Å². The van der Waals surface area contributed by atoms with E-state index in [0.717, 1.165) is 0 Å². The van der Waals surface area contributed by atoms with E-state index in [-0.39, 0.29) is 50.3 Å². The Morgan fingerprint density at radius 2 is 2.11 bits per heavy atom. The molecule has 194 valence electrons. The molecule has 0 heterocycles. The second kappa shape index (κ2) is 15.4. The average molecular weight is 513 g/mol. The van der Waals surface area contributed by atoms with Crippen LogP contribution in [0.3, 0.4) is 0 Å². The van der Waals surface area contributed by atoms with Gasteiger partial charge in [0.2, 0.25) is 5.91 Å². The third-order valence-electron chi connectivity index (χ3n) is 5.66. The van der Waals surface area contributed by atoms with Crippen molar-refractivity contribution in [3.63, 3.8) is 0 Å². The first-order chi connectivity index (χ1) is 16.8. The molecule has 4 N–H and O–H groups in total. The minimum Gasteiger partial charge on any atom is -0.491 e. The zero-order chi connectivity index (χ0) is 25.6. The van der Waals surface area contributed by atoms with Crippen molar-refractivity contribution in [2.24, 2.45) is 11.8 Å². The summed E-state index contributed by atoms with van der Waals surface area (Å²) in [4.78, 5) is 25.8. The number of hydrogen-bond donors (Lipinski definition) is 4. The molecule has 1 aliphatic carbocycles. The van der Waals surface area contributed by atoms with E-state index in [0.29, 0.717) is 30.0 Å². The summed E-state index contributed by atoms with van der Waals surface area (Å²) in [5.74, 6) is -0.153. The SMILES string of the molecule is O=C(CCC/C=C\C[C@@H]1[C@@H](/C=C/[C@@H](O)COc2cccc(Cl)c2)[C@H](O)C[C@@H]1O)NCCO[N+](=O)[O-]. The summed E-state index contributed by atoms with van der Waals surface area (Å²) >= 11 is 5.91. The summed E-state index contributed by atoms with van der Waals surface area (Å²) in [5, 5.41) is 43.1. The van der Waals surface area contributed by atoms with Gasteiger partial charge in [-0.25, -0.2) is 0 Å². The number of hydrogen-bond acceptors (Lipinski definition) is 8. The Balaban J connectivity index is 1.71. The van der Waals surface area contributed by atoms with Gasteiger partial charge < -0.3 is 30.2 Å². The number of nitrogens with one attached hydrogen (secondary N) is 1. The normalized spacial score (nSPS) is 23.0. The maximum Gasteiger partial charge on any atom is 0.294 e. The predicted molar refractivity (Wildman–Crippen MR) is 129 cm³/mol. The fourth-order valence-electron chi connectivity index (χ4n) is 3.91. The second-order valence-electron chi connectivity index (χ2n) is 8.34. The molecule has 1 aromatic rings. The zero-order valence-electron chi connectivity index (χ0n) is 19.4. The first kappa shape index (κ1) is 28.6. The number of unbranched alkanes of at least 4 members (excludes halogenated alkanes) is 1. The first-order valence-electron chi connectivity index (χ1n) is 11.6. The number of allylic oxidation sites excluding steroid dienone is 2. The van der Waals surface area contributed by atoms with Crippen molar-refractivity contribution >= 4 is 17.5 Å². The van der Waals surface area contributed by atoms with E-state index in [1.54, 1.807) is 36.4 Å². The first-order valence-corrected chi connectivity index (χ1v) is 11.9. The largest absolute Gasteiger partial charge is 0.491 e. The van der Waals surface area contributed by atoms with E-state index in [4.69, 9.17) is 16.3 Å². The van der Waals surface area contributed by atoms with E-state index < -0.39 is 23.4 Å². The molecule has 0 aliphatic heterocycles. The molecule has 0 aromatic heterocycles. The molecule has 10 nitrogen and oxygen atoms in total. The number of nitrogens with zero attached hydrogens (tertiary/aromatic N) is 1. The fraction of sp³-hybridized carbons (Fsp3) is 0.542. The molecule has 0 bridgehead atoms. The summed E-state index contributed by atoms with van der Waals surface area (Å²) in [6.45, 7) is -0.0766. The van der Waals surface area contributed by atoms with Crippen molar-refractivity contribution in [1.82, 2.24) is 5.32 Å². The Morgan fingerprint density at radius 1 is 1.31 bits per heavy atom. The molecule has 0 unspecified atom stereocenters. The lowest BCUT2D eigenvalue weighted by Crippen LogP contribution is -2.27. The van der Waals surface area contributed by atoms with Crippen LogP contribution in [0, 0.1) is 22.0 Å². The molecule has 1 aromatic carbocycles. The Labute approximate surface area is 209 Å². The van der Waals surface area contributed by atoms with Gasteiger partial charge in [0.1, 0.15) is 25.1 Å². The minimum atomic E-state index is -0.906. The molecule has 1 saturated carbocycles. The van der Waals surface area contributed by atoms with Crippen molar-refractivity contribution in [1.29, 1.82) is 0 Å². The van der Waals surface area contributed by atoms with E-state index in [1.807, 2.05) is 12.2 Å². The van der Waals surface area contributed by atoms with Crippen molar-refractivity contribution in [3.05, 3.63) is 63.7 Å². The third kappa shape index (κ3) is 11.1. The van der Waals surface area contributed by atoms with Gasteiger partial charge in [0.25, 0.3) is 5.09 Å². The Kier molecular flexibility index (Phi) is 12.5. The van der Waals surface area contributed by atoms with E-state index in [9.17, 15) is 30.2 Å². The second-order valence-corrected chi connectivity index (χ2v) is 8.77. The van der Waals surface area contributed by atoms with E-state index in [1.165, 1.54) is 0 Å². The number of benzene rings is 1. The van der Waals surface area contributed by atoms with Crippen LogP contribution in [0.4, 0.5) is 0 Å². The van der Waals surface area contributed by atoms with Crippen LogP contribution in [-0.2, 0) is 9.63 Å². The van der Waals surface area contributed by atoms with Crippen LogP contribution in [0.15, 0.2) is 48.6 Å². The van der Waals surface area contributed by atoms with Gasteiger partial charge in [0.05, 0.1) is 12.2 Å². The van der Waals surface area contributed by atoms with Gasteiger partial charge in [0.15, 0.2) is 0 Å². The number of aliphatic hydroxyl groups is 3. The van der Waals surface area contributed by atoms with Crippen LogP contribution in [0.2, 0.25) is 5.02 Å². The van der Waals surface area contributed by atoms with Gasteiger partial charge in [-0.05, 0) is 43.4 Å². The predicted octanol–water partition coefficient (Wildman–Crippen LogP) is 2.43. The standard InChI is InChI=1S/C24H33ClN2O8/c25-17-6-5-7-19(14-17)34-16-18(28)10-11-21-20(22(29)15-23(21)30)8-3-1-2-4-9-24(31)26-12-13-35-27(32)33/h1,3,5-7,10-11,14,18,20-23,28-30H,2,4,8-9,12-13,15-16H2,(H,26,31)/b3-1-,11-10+/t18-,20-,21-,22+,23-/m1/s1. The molecular weight excluding hydrogens is 480 g/mol. The lowest BCUT2D eigenvalue weighted by Gasteiger charge is -2.19. The summed E-state index contributed by atoms with van der Waals surface area (Å²) in [5.41, 5.74) is 0. The van der Waals surface area contributed by atoms with E-state index >= 15 is 0 Å². The van der Waals surface area contributed by atoms with Gasteiger partial charge >= 0.3 is 0 Å². The Hall–Kier alpha value is -2.66. The minimum absolute atomic E-state index is 0.0309. The number of aliphatic hydroxyl groups excluding tert-OH is 3. The van der Waals surface area contributed by atoms with Crippen molar-refractivity contribution < 1.29 is 34.8 Å². The zero-order valence-corrected chi connectivity index (χ0v) is 20.1. The molecular formula is C24H33ClN2O8. The summed E-state index contributed by atoms with van der Waals surface area (Å²) in [6, 6.07) is 6.87. The molecule has 1 fully saturated rings. The number of halogens is 1. The van der Waals surface area contributed by atoms with Gasteiger partial charge in [0, 0.05) is 30.3 Å². The highest BCUT2D eigenvalue weighted by molar-refractivity contribution is 6.30. The van der Waals surface area contributed by atoms with Crippen LogP contribution in [0.1, 0.15) is 32.1 Å². The highest BCUT2D eigenvalue weighted by Gasteiger charge is 2.39. The van der Waals surface area contributed by atoms with Crippen LogP contribution < -0.4 is 10.1 Å². The van der Waals surface area contributed by atoms with Crippen LogP contribution in [-0.4, -0.2) is 64.4 Å². The third-order valence-corrected chi connectivity index (χ3v) is 5.89. The van der Waals surface area contributed by atoms with Crippen molar-refractivity contribution in [3.8, 4) is 5.75 Å². The molecule has 0 saturated heterocycles. The maximum atomic E-state index is 11.7. The van der Waals surface area contributed by atoms with Crippen LogP contribution in [0.25, 0.3) is 0 Å². The molecule has 2 rings (SSSR count). The molecule has 1 aliphatic rings. The van der Waals surface area contributed by atoms with E-state index in [2.05, 4.69) is 10.2 Å². The fourth-order valence-corrected chi connectivity index (χ4v) is 4.09. The number of carbonyl (C=O) groups is 1. The van der Waals surface area contributed by atoms with Gasteiger partial charge in [-0.15, -0.1) is 10.1 Å². The average Bonchev–Trinajstić information content (AvgIpc) is 3.08.